The Labute approximate surface area is 168 Å². The van der Waals surface area contributed by atoms with Crippen LogP contribution in [0.25, 0.3) is 5.69 Å². The third-order valence-corrected chi connectivity index (χ3v) is 5.57. The summed E-state index contributed by atoms with van der Waals surface area (Å²) in [6.07, 6.45) is 0.861. The van der Waals surface area contributed by atoms with Gasteiger partial charge in [0.15, 0.2) is 6.61 Å². The molecule has 0 radical (unpaired) electrons. The van der Waals surface area contributed by atoms with E-state index in [4.69, 9.17) is 4.74 Å². The van der Waals surface area contributed by atoms with E-state index >= 15 is 0 Å². The van der Waals surface area contributed by atoms with E-state index in [2.05, 4.69) is 10.4 Å². The predicted molar refractivity (Wildman–Crippen MR) is 110 cm³/mol. The Balaban J connectivity index is 1.65. The lowest BCUT2D eigenvalue weighted by molar-refractivity contribution is -0.119. The average Bonchev–Trinajstić information content (AvgIpc) is 3.21. The summed E-state index contributed by atoms with van der Waals surface area (Å²) in [4.78, 5) is 26.1. The van der Waals surface area contributed by atoms with Crippen molar-refractivity contribution in [3.8, 4) is 5.69 Å². The molecule has 0 aliphatic rings. The Morgan fingerprint density at radius 1 is 1.18 bits per heavy atom. The summed E-state index contributed by atoms with van der Waals surface area (Å²) in [7, 11) is 0. The minimum atomic E-state index is -0.476. The highest BCUT2D eigenvalue weighted by molar-refractivity contribution is 7.14. The molecule has 0 aliphatic carbocycles. The number of hydrogen-bond acceptors (Lipinski definition) is 5. The third-order valence-electron chi connectivity index (χ3n) is 4.49. The molecule has 3 aromatic rings. The minimum absolute atomic E-state index is 0.341. The predicted octanol–water partition coefficient (Wildman–Crippen LogP) is 4.22. The van der Waals surface area contributed by atoms with Crippen LogP contribution in [0, 0.1) is 20.8 Å². The van der Waals surface area contributed by atoms with E-state index in [1.807, 2.05) is 64.1 Å². The van der Waals surface area contributed by atoms with Gasteiger partial charge in [-0.05, 0) is 51.0 Å². The molecule has 146 valence electrons. The van der Waals surface area contributed by atoms with Crippen LogP contribution in [0.3, 0.4) is 0 Å². The quantitative estimate of drug-likeness (QED) is 0.632. The van der Waals surface area contributed by atoms with Crippen molar-refractivity contribution in [1.82, 2.24) is 9.78 Å². The molecule has 2 aromatic heterocycles. The number of esters is 1. The normalized spacial score (nSPS) is 10.7. The first-order chi connectivity index (χ1) is 13.4. The smallest absolute Gasteiger partial charge is 0.348 e. The minimum Gasteiger partial charge on any atom is -0.451 e. The fourth-order valence-corrected chi connectivity index (χ4v) is 4.00. The topological polar surface area (TPSA) is 73.2 Å². The maximum absolute atomic E-state index is 12.3. The van der Waals surface area contributed by atoms with Gasteiger partial charge in [-0.3, -0.25) is 4.79 Å². The van der Waals surface area contributed by atoms with Gasteiger partial charge in [-0.2, -0.15) is 5.10 Å². The molecule has 0 saturated carbocycles. The van der Waals surface area contributed by atoms with Gasteiger partial charge in [0.05, 0.1) is 22.8 Å². The molecule has 3 rings (SSSR count). The lowest BCUT2D eigenvalue weighted by atomic mass is 10.2. The highest BCUT2D eigenvalue weighted by Gasteiger charge is 2.18. The van der Waals surface area contributed by atoms with Crippen molar-refractivity contribution < 1.29 is 14.3 Å². The summed E-state index contributed by atoms with van der Waals surface area (Å²) in [5.41, 5.74) is 4.17. The summed E-state index contributed by atoms with van der Waals surface area (Å²) < 4.78 is 6.95. The largest absolute Gasteiger partial charge is 0.451 e. The zero-order chi connectivity index (χ0) is 20.3. The Kier molecular flexibility index (Phi) is 5.94. The van der Waals surface area contributed by atoms with E-state index in [-0.39, 0.29) is 6.61 Å². The second kappa shape index (κ2) is 8.39. The highest BCUT2D eigenvalue weighted by Crippen LogP contribution is 2.24. The summed E-state index contributed by atoms with van der Waals surface area (Å²) >= 11 is 1.39. The number of anilines is 1. The van der Waals surface area contributed by atoms with Crippen molar-refractivity contribution in [2.75, 3.05) is 11.9 Å². The van der Waals surface area contributed by atoms with Crippen molar-refractivity contribution in [2.45, 2.75) is 34.1 Å². The number of thiophene rings is 1. The highest BCUT2D eigenvalue weighted by atomic mass is 32.1. The summed E-state index contributed by atoms with van der Waals surface area (Å²) in [5.74, 6) is -0.868. The van der Waals surface area contributed by atoms with Gasteiger partial charge in [0.25, 0.3) is 5.91 Å². The maximum atomic E-state index is 12.3. The molecular weight excluding hydrogens is 374 g/mol. The third kappa shape index (κ3) is 4.14. The van der Waals surface area contributed by atoms with E-state index in [0.717, 1.165) is 28.2 Å². The molecule has 0 saturated heterocycles. The molecule has 0 fully saturated rings. The van der Waals surface area contributed by atoms with Crippen LogP contribution in [0.1, 0.15) is 38.4 Å². The van der Waals surface area contributed by atoms with E-state index in [1.54, 1.807) is 4.68 Å². The Bertz CT molecular complexity index is 1010. The zero-order valence-corrected chi connectivity index (χ0v) is 17.2. The lowest BCUT2D eigenvalue weighted by Gasteiger charge is -2.07. The second-order valence-corrected chi connectivity index (χ2v) is 7.72. The fourth-order valence-electron chi connectivity index (χ4n) is 2.99. The van der Waals surface area contributed by atoms with Gasteiger partial charge in [-0.1, -0.05) is 25.1 Å². The summed E-state index contributed by atoms with van der Waals surface area (Å²) in [5, 5.41) is 7.30. The van der Waals surface area contributed by atoms with Crippen molar-refractivity contribution >= 4 is 28.9 Å². The molecule has 0 atom stereocenters. The van der Waals surface area contributed by atoms with Crippen LogP contribution in [0.2, 0.25) is 0 Å². The number of aryl methyl sites for hydroxylation is 3. The number of hydrogen-bond donors (Lipinski definition) is 1. The lowest BCUT2D eigenvalue weighted by Crippen LogP contribution is -2.21. The number of para-hydroxylation sites is 1. The molecule has 0 aliphatic heterocycles. The van der Waals surface area contributed by atoms with Gasteiger partial charge in [0, 0.05) is 4.88 Å². The van der Waals surface area contributed by atoms with Crippen LogP contribution in [0.15, 0.2) is 36.4 Å². The monoisotopic (exact) mass is 397 g/mol. The van der Waals surface area contributed by atoms with E-state index in [0.29, 0.717) is 16.3 Å². The van der Waals surface area contributed by atoms with Gasteiger partial charge >= 0.3 is 5.97 Å². The van der Waals surface area contributed by atoms with Gasteiger partial charge < -0.3 is 10.1 Å². The number of carbonyl (C=O) groups excluding carboxylic acids is 2. The number of amides is 1. The first-order valence-electron chi connectivity index (χ1n) is 9.08. The Morgan fingerprint density at radius 2 is 1.89 bits per heavy atom. The first kappa shape index (κ1) is 19.8. The summed E-state index contributed by atoms with van der Waals surface area (Å²) in [6.45, 7) is 7.39. The van der Waals surface area contributed by atoms with Gasteiger partial charge in [0.1, 0.15) is 4.88 Å². The number of carbonyl (C=O) groups is 2. The molecule has 0 spiro atoms. The molecule has 1 amide bonds. The molecule has 2 heterocycles. The Hall–Kier alpha value is -2.93. The SMILES string of the molecule is CCc1cc(C(=O)OCC(=O)Nc2c(C)nn(-c3ccccc3)c2C)sc1C. The number of nitrogens with zero attached hydrogens (tertiary/aromatic N) is 2. The Morgan fingerprint density at radius 3 is 2.54 bits per heavy atom. The zero-order valence-electron chi connectivity index (χ0n) is 16.4. The molecule has 28 heavy (non-hydrogen) atoms. The number of ether oxygens (including phenoxy) is 1. The average molecular weight is 398 g/mol. The van der Waals surface area contributed by atoms with Gasteiger partial charge in [0.2, 0.25) is 0 Å². The number of rotatable bonds is 6. The second-order valence-electron chi connectivity index (χ2n) is 6.46. The van der Waals surface area contributed by atoms with Crippen LogP contribution in [0.5, 0.6) is 0 Å². The molecule has 1 aromatic carbocycles. The van der Waals surface area contributed by atoms with E-state index < -0.39 is 11.9 Å². The molecule has 0 unspecified atom stereocenters. The van der Waals surface area contributed by atoms with Crippen LogP contribution in [0.4, 0.5) is 5.69 Å². The molecule has 0 bridgehead atoms. The van der Waals surface area contributed by atoms with Crippen molar-refractivity contribution in [3.05, 3.63) is 63.1 Å². The van der Waals surface area contributed by atoms with Crippen LogP contribution >= 0.6 is 11.3 Å². The van der Waals surface area contributed by atoms with Crippen molar-refractivity contribution in [2.24, 2.45) is 0 Å². The summed E-state index contributed by atoms with van der Waals surface area (Å²) in [6, 6.07) is 11.5. The number of aromatic nitrogens is 2. The molecule has 7 heteroatoms. The van der Waals surface area contributed by atoms with Gasteiger partial charge in [-0.15, -0.1) is 11.3 Å². The number of nitrogens with one attached hydrogen (secondary N) is 1. The van der Waals surface area contributed by atoms with Crippen molar-refractivity contribution in [3.63, 3.8) is 0 Å². The van der Waals surface area contributed by atoms with Gasteiger partial charge in [-0.25, -0.2) is 9.48 Å². The molecule has 1 N–H and O–H groups in total. The van der Waals surface area contributed by atoms with E-state index in [9.17, 15) is 9.59 Å². The fraction of sp³-hybridized carbons (Fsp3) is 0.286. The van der Waals surface area contributed by atoms with Crippen LogP contribution in [-0.4, -0.2) is 28.3 Å². The van der Waals surface area contributed by atoms with Crippen molar-refractivity contribution in [1.29, 1.82) is 0 Å². The maximum Gasteiger partial charge on any atom is 0.348 e. The van der Waals surface area contributed by atoms with E-state index in [1.165, 1.54) is 11.3 Å². The molecular formula is C21H23N3O3S. The van der Waals surface area contributed by atoms with Crippen LogP contribution in [-0.2, 0) is 16.0 Å². The molecule has 6 nitrogen and oxygen atoms in total. The standard InChI is InChI=1S/C21H23N3O3S/c1-5-16-11-18(28-15(16)4)21(26)27-12-19(25)22-20-13(2)23-24(14(20)3)17-9-7-6-8-10-17/h6-11H,5,12H2,1-4H3,(H,22,25). The number of benzene rings is 1. The van der Waals surface area contributed by atoms with Crippen LogP contribution < -0.4 is 5.32 Å². The first-order valence-corrected chi connectivity index (χ1v) is 9.90.